The van der Waals surface area contributed by atoms with Crippen molar-refractivity contribution >= 4 is 29.2 Å². The molecule has 6 nitrogen and oxygen atoms in total. The molecule has 1 aromatic rings. The van der Waals surface area contributed by atoms with Crippen LogP contribution >= 0.6 is 12.2 Å². The van der Waals surface area contributed by atoms with E-state index in [1.165, 1.54) is 0 Å². The summed E-state index contributed by atoms with van der Waals surface area (Å²) in [6, 6.07) is 8.41. The molecule has 1 atom stereocenters. The third kappa shape index (κ3) is 6.28. The first-order valence-corrected chi connectivity index (χ1v) is 9.46. The maximum Gasteiger partial charge on any atom is 0.187 e. The molecule has 0 aliphatic carbocycles. The third-order valence-corrected chi connectivity index (χ3v) is 4.61. The zero-order valence-electron chi connectivity index (χ0n) is 15.5. The monoisotopic (exact) mass is 373 g/mol. The molecule has 0 amide bonds. The molecule has 2 rings (SSSR count). The number of hydrogen-bond donors (Lipinski definition) is 2. The van der Waals surface area contributed by atoms with Gasteiger partial charge in [-0.3, -0.25) is 5.43 Å². The smallest absolute Gasteiger partial charge is 0.187 e. The highest BCUT2D eigenvalue weighted by atomic mass is 32.1. The number of nitrogens with zero attached hydrogens (tertiary/aromatic N) is 3. The Morgan fingerprint density at radius 1 is 1.54 bits per heavy atom. The average molecular weight is 374 g/mol. The Morgan fingerprint density at radius 2 is 2.38 bits per heavy atom. The van der Waals surface area contributed by atoms with E-state index in [1.54, 1.807) is 6.21 Å². The van der Waals surface area contributed by atoms with Crippen molar-refractivity contribution < 1.29 is 4.74 Å². The molecular weight excluding hydrogens is 346 g/mol. The summed E-state index contributed by atoms with van der Waals surface area (Å²) in [7, 11) is 0. The van der Waals surface area contributed by atoms with Crippen LogP contribution in [-0.2, 0) is 4.74 Å². The molecule has 0 spiro atoms. The number of benzene rings is 1. The molecule has 1 aliphatic heterocycles. The molecule has 1 saturated heterocycles. The van der Waals surface area contributed by atoms with Gasteiger partial charge in [-0.05, 0) is 62.2 Å². The first-order chi connectivity index (χ1) is 12.6. The molecule has 1 fully saturated rings. The van der Waals surface area contributed by atoms with Crippen molar-refractivity contribution in [1.29, 1.82) is 5.26 Å². The van der Waals surface area contributed by atoms with Gasteiger partial charge in [0.05, 0.1) is 24.8 Å². The lowest BCUT2D eigenvalue weighted by Crippen LogP contribution is -2.37. The molecule has 0 aromatic heterocycles. The summed E-state index contributed by atoms with van der Waals surface area (Å²) in [5.41, 5.74) is 6.12. The van der Waals surface area contributed by atoms with Gasteiger partial charge in [0.2, 0.25) is 0 Å². The van der Waals surface area contributed by atoms with Gasteiger partial charge in [-0.1, -0.05) is 6.07 Å². The van der Waals surface area contributed by atoms with Crippen molar-refractivity contribution in [2.24, 2.45) is 5.10 Å². The third-order valence-electron chi connectivity index (χ3n) is 4.38. The minimum absolute atomic E-state index is 0.246. The van der Waals surface area contributed by atoms with E-state index in [4.69, 9.17) is 22.2 Å². The fourth-order valence-electron chi connectivity index (χ4n) is 2.87. The summed E-state index contributed by atoms with van der Waals surface area (Å²) < 4.78 is 5.55. The second-order valence-corrected chi connectivity index (χ2v) is 6.65. The summed E-state index contributed by atoms with van der Waals surface area (Å²) in [5, 5.41) is 16.6. The summed E-state index contributed by atoms with van der Waals surface area (Å²) >= 11 is 5.22. The molecule has 7 heteroatoms. The Hall–Kier alpha value is -2.17. The number of ether oxygens (including phenoxy) is 1. The number of aryl methyl sites for hydroxylation is 1. The van der Waals surface area contributed by atoms with E-state index in [-0.39, 0.29) is 6.10 Å². The second kappa shape index (κ2) is 10.7. The van der Waals surface area contributed by atoms with Crippen molar-refractivity contribution in [1.82, 2.24) is 10.7 Å². The molecule has 1 aromatic carbocycles. The van der Waals surface area contributed by atoms with Crippen LogP contribution in [0.15, 0.2) is 23.3 Å². The summed E-state index contributed by atoms with van der Waals surface area (Å²) in [4.78, 5) is 2.19. The minimum Gasteiger partial charge on any atom is -0.376 e. The lowest BCUT2D eigenvalue weighted by atomic mass is 10.1. The highest BCUT2D eigenvalue weighted by Crippen LogP contribution is 2.18. The van der Waals surface area contributed by atoms with Gasteiger partial charge in [-0.15, -0.1) is 0 Å². The van der Waals surface area contributed by atoms with Gasteiger partial charge in [-0.25, -0.2) is 0 Å². The maximum absolute atomic E-state index is 8.77. The first kappa shape index (κ1) is 20.1. The van der Waals surface area contributed by atoms with Crippen LogP contribution in [0.3, 0.4) is 0 Å². The fourth-order valence-corrected chi connectivity index (χ4v) is 3.00. The fraction of sp³-hybridized carbons (Fsp3) is 0.526. The van der Waals surface area contributed by atoms with Crippen molar-refractivity contribution in [3.63, 3.8) is 0 Å². The topological polar surface area (TPSA) is 72.7 Å². The standard InChI is InChI=1S/C19H27N5OS/c1-3-24(10-5-9-20)17-8-7-16(15(2)12-17)13-22-23-19(26)21-14-18-6-4-11-25-18/h7-8,12-13,18H,3-6,10-11,14H2,1-2H3,(H2,21,23,26)/b22-13-/t18-/m0/s1. The molecule has 0 bridgehead atoms. The van der Waals surface area contributed by atoms with E-state index in [2.05, 4.69) is 52.8 Å². The van der Waals surface area contributed by atoms with Crippen LogP contribution in [-0.4, -0.2) is 43.7 Å². The Kier molecular flexibility index (Phi) is 8.32. The Morgan fingerprint density at radius 3 is 3.04 bits per heavy atom. The SMILES string of the molecule is CCN(CCC#N)c1ccc(/C=N\NC(=S)NC[C@@H]2CCCO2)c(C)c1. The van der Waals surface area contributed by atoms with Crippen molar-refractivity contribution in [2.75, 3.05) is 31.1 Å². The van der Waals surface area contributed by atoms with Crippen LogP contribution in [0.2, 0.25) is 0 Å². The zero-order valence-corrected chi connectivity index (χ0v) is 16.3. The van der Waals surface area contributed by atoms with E-state index < -0.39 is 0 Å². The molecule has 2 N–H and O–H groups in total. The predicted molar refractivity (Wildman–Crippen MR) is 110 cm³/mol. The molecule has 140 valence electrons. The number of hydrogen-bond acceptors (Lipinski definition) is 5. The highest BCUT2D eigenvalue weighted by Gasteiger charge is 2.15. The van der Waals surface area contributed by atoms with Gasteiger partial charge < -0.3 is 15.0 Å². The van der Waals surface area contributed by atoms with Gasteiger partial charge in [0.1, 0.15) is 0 Å². The molecule has 1 heterocycles. The number of thiocarbonyl (C=S) groups is 1. The highest BCUT2D eigenvalue weighted by molar-refractivity contribution is 7.80. The quantitative estimate of drug-likeness (QED) is 0.415. The summed E-state index contributed by atoms with van der Waals surface area (Å²) in [6.45, 7) is 7.32. The minimum atomic E-state index is 0.246. The summed E-state index contributed by atoms with van der Waals surface area (Å²) in [6.07, 6.45) is 4.73. The molecule has 0 unspecified atom stereocenters. The molecule has 26 heavy (non-hydrogen) atoms. The number of nitrogens with one attached hydrogen (secondary N) is 2. The number of hydrazone groups is 1. The van der Waals surface area contributed by atoms with E-state index >= 15 is 0 Å². The van der Waals surface area contributed by atoms with Gasteiger partial charge in [0.25, 0.3) is 0 Å². The molecular formula is C19H27N5OS. The van der Waals surface area contributed by atoms with Crippen LogP contribution in [0.4, 0.5) is 5.69 Å². The van der Waals surface area contributed by atoms with Crippen LogP contribution in [0.1, 0.15) is 37.3 Å². The Bertz CT molecular complexity index is 664. The van der Waals surface area contributed by atoms with E-state index in [1.807, 2.05) is 6.07 Å². The maximum atomic E-state index is 8.77. The van der Waals surface area contributed by atoms with Crippen molar-refractivity contribution in [3.8, 4) is 6.07 Å². The zero-order chi connectivity index (χ0) is 18.8. The Balaban J connectivity index is 1.85. The van der Waals surface area contributed by atoms with Crippen molar-refractivity contribution in [2.45, 2.75) is 39.2 Å². The van der Waals surface area contributed by atoms with Gasteiger partial charge in [-0.2, -0.15) is 10.4 Å². The van der Waals surface area contributed by atoms with Crippen LogP contribution in [0, 0.1) is 18.3 Å². The number of nitriles is 1. The van der Waals surface area contributed by atoms with Gasteiger partial charge in [0, 0.05) is 31.9 Å². The molecule has 0 radical (unpaired) electrons. The van der Waals surface area contributed by atoms with E-state index in [9.17, 15) is 0 Å². The lowest BCUT2D eigenvalue weighted by Gasteiger charge is -2.22. The van der Waals surface area contributed by atoms with Gasteiger partial charge >= 0.3 is 0 Å². The number of anilines is 1. The Labute approximate surface area is 161 Å². The average Bonchev–Trinajstić information content (AvgIpc) is 3.16. The first-order valence-electron chi connectivity index (χ1n) is 9.05. The predicted octanol–water partition coefficient (Wildman–Crippen LogP) is 2.71. The van der Waals surface area contributed by atoms with E-state index in [0.29, 0.717) is 18.1 Å². The normalized spacial score (nSPS) is 16.4. The lowest BCUT2D eigenvalue weighted by molar-refractivity contribution is 0.114. The van der Waals surface area contributed by atoms with E-state index in [0.717, 1.165) is 49.4 Å². The van der Waals surface area contributed by atoms with Crippen molar-refractivity contribution in [3.05, 3.63) is 29.3 Å². The summed E-state index contributed by atoms with van der Waals surface area (Å²) in [5.74, 6) is 0. The van der Waals surface area contributed by atoms with Crippen LogP contribution in [0.25, 0.3) is 0 Å². The largest absolute Gasteiger partial charge is 0.376 e. The molecule has 0 saturated carbocycles. The molecule has 1 aliphatic rings. The number of rotatable bonds is 8. The van der Waals surface area contributed by atoms with Crippen LogP contribution in [0.5, 0.6) is 0 Å². The second-order valence-electron chi connectivity index (χ2n) is 6.24. The van der Waals surface area contributed by atoms with Crippen LogP contribution < -0.4 is 15.6 Å². The van der Waals surface area contributed by atoms with Gasteiger partial charge in [0.15, 0.2) is 5.11 Å².